The van der Waals surface area contributed by atoms with Gasteiger partial charge in [-0.2, -0.15) is 5.10 Å². The molecule has 0 N–H and O–H groups in total. The Hall–Kier alpha value is -2.64. The molecule has 0 aliphatic carbocycles. The van der Waals surface area contributed by atoms with Crippen molar-refractivity contribution in [3.63, 3.8) is 0 Å². The van der Waals surface area contributed by atoms with E-state index in [-0.39, 0.29) is 11.6 Å². The standard InChI is InChI=1S/C16H18F2N6/c1-11(2)24-9-13(6-20-24)15-10-23(22-21-15)8-12-4-14(7-19-5-12)16(3,17)18/h4-7,9-11H,8H2,1-3H3. The summed E-state index contributed by atoms with van der Waals surface area (Å²) in [7, 11) is 0. The zero-order chi connectivity index (χ0) is 17.3. The van der Waals surface area contributed by atoms with Gasteiger partial charge in [-0.3, -0.25) is 9.67 Å². The summed E-state index contributed by atoms with van der Waals surface area (Å²) >= 11 is 0. The Balaban J connectivity index is 1.79. The minimum absolute atomic E-state index is 0.112. The van der Waals surface area contributed by atoms with E-state index in [1.165, 1.54) is 12.3 Å². The van der Waals surface area contributed by atoms with Crippen molar-refractivity contribution in [2.45, 2.75) is 39.3 Å². The van der Waals surface area contributed by atoms with Crippen molar-refractivity contribution in [2.24, 2.45) is 0 Å². The Morgan fingerprint density at radius 2 is 1.96 bits per heavy atom. The van der Waals surface area contributed by atoms with Crippen LogP contribution in [0, 0.1) is 0 Å². The molecule has 0 saturated heterocycles. The van der Waals surface area contributed by atoms with Crippen LogP contribution < -0.4 is 0 Å². The molecule has 6 nitrogen and oxygen atoms in total. The predicted molar refractivity (Wildman–Crippen MR) is 84.5 cm³/mol. The third kappa shape index (κ3) is 3.47. The fourth-order valence-corrected chi connectivity index (χ4v) is 2.26. The quantitative estimate of drug-likeness (QED) is 0.719. The molecule has 8 heteroatoms. The van der Waals surface area contributed by atoms with Crippen molar-refractivity contribution >= 4 is 0 Å². The van der Waals surface area contributed by atoms with E-state index in [0.717, 1.165) is 12.5 Å². The molecule has 0 radical (unpaired) electrons. The van der Waals surface area contributed by atoms with Gasteiger partial charge in [0.05, 0.1) is 18.9 Å². The highest BCUT2D eigenvalue weighted by Gasteiger charge is 2.24. The summed E-state index contributed by atoms with van der Waals surface area (Å²) < 4.78 is 30.2. The molecule has 0 atom stereocenters. The summed E-state index contributed by atoms with van der Waals surface area (Å²) in [5.41, 5.74) is 2.08. The van der Waals surface area contributed by atoms with Crippen LogP contribution in [0.25, 0.3) is 11.3 Å². The van der Waals surface area contributed by atoms with E-state index < -0.39 is 5.92 Å². The summed E-state index contributed by atoms with van der Waals surface area (Å²) in [6, 6.07) is 1.70. The van der Waals surface area contributed by atoms with Crippen LogP contribution in [0.15, 0.2) is 37.1 Å². The maximum absolute atomic E-state index is 13.4. The number of rotatable bonds is 5. The van der Waals surface area contributed by atoms with Crippen LogP contribution in [0.1, 0.15) is 37.9 Å². The van der Waals surface area contributed by atoms with Crippen LogP contribution in [0.4, 0.5) is 8.78 Å². The number of nitrogens with zero attached hydrogens (tertiary/aromatic N) is 6. The molecule has 24 heavy (non-hydrogen) atoms. The Morgan fingerprint density at radius 3 is 2.62 bits per heavy atom. The molecule has 0 aliphatic heterocycles. The summed E-state index contributed by atoms with van der Waals surface area (Å²) in [5.74, 6) is -2.91. The van der Waals surface area contributed by atoms with Crippen LogP contribution in [0.5, 0.6) is 0 Å². The topological polar surface area (TPSA) is 61.4 Å². The SMILES string of the molecule is CC(C)n1cc(-c2cn(Cc3cncc(C(C)(F)F)c3)nn2)cn1. The predicted octanol–water partition coefficient (Wildman–Crippen LogP) is 3.28. The summed E-state index contributed by atoms with van der Waals surface area (Å²) in [6.45, 7) is 5.25. The highest BCUT2D eigenvalue weighted by molar-refractivity contribution is 5.55. The van der Waals surface area contributed by atoms with Gasteiger partial charge in [-0.25, -0.2) is 13.5 Å². The van der Waals surface area contributed by atoms with E-state index in [1.807, 2.05) is 24.7 Å². The van der Waals surface area contributed by atoms with Gasteiger partial charge in [-0.05, 0) is 25.5 Å². The Kier molecular flexibility index (Phi) is 4.13. The van der Waals surface area contributed by atoms with Gasteiger partial charge in [0.15, 0.2) is 0 Å². The first-order valence-corrected chi connectivity index (χ1v) is 7.60. The molecule has 0 fully saturated rings. The number of pyridine rings is 1. The summed E-state index contributed by atoms with van der Waals surface area (Å²) in [6.07, 6.45) is 8.12. The Bertz CT molecular complexity index is 831. The second-order valence-electron chi connectivity index (χ2n) is 6.07. The number of alkyl halides is 2. The smallest absolute Gasteiger partial charge is 0.270 e. The first-order valence-electron chi connectivity index (χ1n) is 7.60. The maximum Gasteiger partial charge on any atom is 0.272 e. The first kappa shape index (κ1) is 16.2. The van der Waals surface area contributed by atoms with Crippen LogP contribution in [-0.4, -0.2) is 29.8 Å². The van der Waals surface area contributed by atoms with E-state index in [9.17, 15) is 8.78 Å². The van der Waals surface area contributed by atoms with E-state index in [0.29, 0.717) is 17.8 Å². The molecule has 3 rings (SSSR count). The molecular weight excluding hydrogens is 314 g/mol. The lowest BCUT2D eigenvalue weighted by Gasteiger charge is -2.11. The van der Waals surface area contributed by atoms with Crippen molar-refractivity contribution in [2.75, 3.05) is 0 Å². The van der Waals surface area contributed by atoms with Crippen molar-refractivity contribution in [3.8, 4) is 11.3 Å². The van der Waals surface area contributed by atoms with E-state index in [2.05, 4.69) is 20.4 Å². The van der Waals surface area contributed by atoms with Crippen molar-refractivity contribution in [1.82, 2.24) is 29.8 Å². The summed E-state index contributed by atoms with van der Waals surface area (Å²) in [5, 5.41) is 12.4. The molecule has 0 spiro atoms. The Morgan fingerprint density at radius 1 is 1.17 bits per heavy atom. The fraction of sp³-hybridized carbons (Fsp3) is 0.375. The zero-order valence-corrected chi connectivity index (χ0v) is 13.7. The highest BCUT2D eigenvalue weighted by Crippen LogP contribution is 2.26. The maximum atomic E-state index is 13.4. The Labute approximate surface area is 138 Å². The molecule has 0 bridgehead atoms. The van der Waals surface area contributed by atoms with Gasteiger partial charge < -0.3 is 0 Å². The van der Waals surface area contributed by atoms with Gasteiger partial charge in [0.25, 0.3) is 5.92 Å². The normalized spacial score (nSPS) is 12.1. The third-order valence-electron chi connectivity index (χ3n) is 3.61. The average molecular weight is 332 g/mol. The van der Waals surface area contributed by atoms with Gasteiger partial charge in [-0.1, -0.05) is 5.21 Å². The van der Waals surface area contributed by atoms with Crippen molar-refractivity contribution in [1.29, 1.82) is 0 Å². The highest BCUT2D eigenvalue weighted by atomic mass is 19.3. The monoisotopic (exact) mass is 332 g/mol. The van der Waals surface area contributed by atoms with Crippen molar-refractivity contribution in [3.05, 3.63) is 48.2 Å². The fourth-order valence-electron chi connectivity index (χ4n) is 2.26. The average Bonchev–Trinajstić information content (AvgIpc) is 3.15. The van der Waals surface area contributed by atoms with Crippen molar-refractivity contribution < 1.29 is 8.78 Å². The van der Waals surface area contributed by atoms with Gasteiger partial charge in [0.1, 0.15) is 5.69 Å². The minimum atomic E-state index is -2.91. The molecule has 0 aromatic carbocycles. The van der Waals surface area contributed by atoms with Crippen LogP contribution in [0.3, 0.4) is 0 Å². The molecule has 0 amide bonds. The van der Waals surface area contributed by atoms with Gasteiger partial charge >= 0.3 is 0 Å². The second-order valence-corrected chi connectivity index (χ2v) is 6.07. The molecular formula is C16H18F2N6. The molecule has 3 heterocycles. The lowest BCUT2D eigenvalue weighted by atomic mass is 10.1. The number of hydrogen-bond donors (Lipinski definition) is 0. The summed E-state index contributed by atoms with van der Waals surface area (Å²) in [4.78, 5) is 3.88. The van der Waals surface area contributed by atoms with E-state index >= 15 is 0 Å². The zero-order valence-electron chi connectivity index (χ0n) is 13.7. The third-order valence-corrected chi connectivity index (χ3v) is 3.61. The largest absolute Gasteiger partial charge is 0.272 e. The minimum Gasteiger partial charge on any atom is -0.270 e. The number of hydrogen-bond acceptors (Lipinski definition) is 4. The number of aromatic nitrogens is 6. The number of halogens is 2. The first-order chi connectivity index (χ1) is 11.3. The van der Waals surface area contributed by atoms with Crippen LogP contribution in [0.2, 0.25) is 0 Å². The molecule has 0 saturated carbocycles. The van der Waals surface area contributed by atoms with E-state index in [4.69, 9.17) is 0 Å². The van der Waals surface area contributed by atoms with Gasteiger partial charge in [0.2, 0.25) is 0 Å². The molecule has 0 aliphatic rings. The second kappa shape index (κ2) is 6.10. The van der Waals surface area contributed by atoms with E-state index in [1.54, 1.807) is 23.3 Å². The molecule has 3 aromatic heterocycles. The molecule has 3 aromatic rings. The molecule has 0 unspecified atom stereocenters. The van der Waals surface area contributed by atoms with Crippen LogP contribution >= 0.6 is 0 Å². The molecule has 126 valence electrons. The lowest BCUT2D eigenvalue weighted by Crippen LogP contribution is -2.09. The van der Waals surface area contributed by atoms with Crippen LogP contribution in [-0.2, 0) is 12.5 Å². The van der Waals surface area contributed by atoms with Gasteiger partial charge in [0, 0.05) is 42.7 Å². The lowest BCUT2D eigenvalue weighted by molar-refractivity contribution is 0.0170. The van der Waals surface area contributed by atoms with Gasteiger partial charge in [-0.15, -0.1) is 5.10 Å².